The first kappa shape index (κ1) is 8.10. The Bertz CT molecular complexity index is 344. The lowest BCUT2D eigenvalue weighted by atomic mass is 10.2. The number of nitrogens with zero attached hydrogens (tertiary/aromatic N) is 2. The molecule has 2 N–H and O–H groups in total. The lowest BCUT2D eigenvalue weighted by molar-refractivity contribution is 0.922. The van der Waals surface area contributed by atoms with Gasteiger partial charge in [0.15, 0.2) is 0 Å². The molecule has 0 bridgehead atoms. The van der Waals surface area contributed by atoms with Crippen molar-refractivity contribution >= 4 is 17.6 Å². The van der Waals surface area contributed by atoms with Crippen LogP contribution in [0.1, 0.15) is 12.0 Å². The summed E-state index contributed by atoms with van der Waals surface area (Å²) < 4.78 is 0. The average Bonchev–Trinajstić information content (AvgIpc) is 2.62. The fourth-order valence-electron chi connectivity index (χ4n) is 1.38. The van der Waals surface area contributed by atoms with Gasteiger partial charge >= 0.3 is 0 Å². The predicted molar refractivity (Wildman–Crippen MR) is 56.0 cm³/mol. The Morgan fingerprint density at radius 2 is 2.31 bits per heavy atom. The molecular weight excluding hydrogens is 162 g/mol. The third-order valence-electron chi connectivity index (χ3n) is 2.25. The van der Waals surface area contributed by atoms with Crippen molar-refractivity contribution < 1.29 is 0 Å². The van der Waals surface area contributed by atoms with E-state index in [0.29, 0.717) is 0 Å². The number of aryl methyl sites for hydroxylation is 1. The number of nitrogens with two attached hydrogens (primary N) is 1. The molecule has 3 heteroatoms. The molecule has 1 aliphatic rings. The van der Waals surface area contributed by atoms with E-state index in [4.69, 9.17) is 5.73 Å². The fourth-order valence-corrected chi connectivity index (χ4v) is 1.38. The van der Waals surface area contributed by atoms with Crippen LogP contribution < -0.4 is 10.7 Å². The van der Waals surface area contributed by atoms with E-state index in [2.05, 4.69) is 5.10 Å². The molecule has 68 valence electrons. The SMILES string of the molecule is Cc1ccc(N2CCC=N2)cc1N. The van der Waals surface area contributed by atoms with Crippen molar-refractivity contribution in [3.63, 3.8) is 0 Å². The number of anilines is 2. The van der Waals surface area contributed by atoms with Crippen molar-refractivity contribution in [1.82, 2.24) is 0 Å². The average molecular weight is 175 g/mol. The quantitative estimate of drug-likeness (QED) is 0.661. The second-order valence-electron chi connectivity index (χ2n) is 3.25. The fraction of sp³-hybridized carbons (Fsp3) is 0.300. The van der Waals surface area contributed by atoms with Crippen molar-refractivity contribution in [3.05, 3.63) is 23.8 Å². The van der Waals surface area contributed by atoms with E-state index in [1.807, 2.05) is 36.3 Å². The largest absolute Gasteiger partial charge is 0.398 e. The molecule has 0 atom stereocenters. The van der Waals surface area contributed by atoms with Gasteiger partial charge in [-0.2, -0.15) is 5.10 Å². The number of hydrazone groups is 1. The van der Waals surface area contributed by atoms with Crippen LogP contribution in [0.2, 0.25) is 0 Å². The van der Waals surface area contributed by atoms with Crippen molar-refractivity contribution in [1.29, 1.82) is 0 Å². The first-order valence-corrected chi connectivity index (χ1v) is 4.43. The highest BCUT2D eigenvalue weighted by Gasteiger charge is 2.08. The number of nitrogen functional groups attached to an aromatic ring is 1. The minimum atomic E-state index is 0.833. The summed E-state index contributed by atoms with van der Waals surface area (Å²) in [5.41, 5.74) is 8.84. The Labute approximate surface area is 77.9 Å². The van der Waals surface area contributed by atoms with Crippen LogP contribution in [-0.2, 0) is 0 Å². The van der Waals surface area contributed by atoms with Gasteiger partial charge in [0.05, 0.1) is 5.69 Å². The summed E-state index contributed by atoms with van der Waals surface area (Å²) in [4.78, 5) is 0. The van der Waals surface area contributed by atoms with E-state index in [0.717, 1.165) is 29.9 Å². The van der Waals surface area contributed by atoms with Crippen LogP contribution in [0.4, 0.5) is 11.4 Å². The summed E-state index contributed by atoms with van der Waals surface area (Å²) in [5, 5.41) is 6.20. The van der Waals surface area contributed by atoms with Crippen molar-refractivity contribution in [2.24, 2.45) is 5.10 Å². The van der Waals surface area contributed by atoms with Crippen LogP contribution in [0.3, 0.4) is 0 Å². The maximum atomic E-state index is 5.81. The van der Waals surface area contributed by atoms with Crippen LogP contribution in [0, 0.1) is 6.92 Å². The predicted octanol–water partition coefficient (Wildman–Crippen LogP) is 1.77. The minimum absolute atomic E-state index is 0.833. The summed E-state index contributed by atoms with van der Waals surface area (Å²) in [6.45, 7) is 2.97. The molecule has 0 aromatic heterocycles. The zero-order valence-electron chi connectivity index (χ0n) is 7.70. The second kappa shape index (κ2) is 3.09. The molecule has 1 heterocycles. The molecule has 1 aromatic rings. The van der Waals surface area contributed by atoms with Crippen molar-refractivity contribution in [2.75, 3.05) is 17.3 Å². The molecule has 3 nitrogen and oxygen atoms in total. The molecule has 2 rings (SSSR count). The van der Waals surface area contributed by atoms with E-state index >= 15 is 0 Å². The highest BCUT2D eigenvalue weighted by atomic mass is 15.5. The Balaban J connectivity index is 2.30. The van der Waals surface area contributed by atoms with Crippen LogP contribution in [0.25, 0.3) is 0 Å². The molecule has 1 aliphatic heterocycles. The number of benzene rings is 1. The van der Waals surface area contributed by atoms with E-state index in [9.17, 15) is 0 Å². The third-order valence-corrected chi connectivity index (χ3v) is 2.25. The molecule has 1 aromatic carbocycles. The van der Waals surface area contributed by atoms with Gasteiger partial charge in [0.1, 0.15) is 0 Å². The number of hydrogen-bond donors (Lipinski definition) is 1. The lowest BCUT2D eigenvalue weighted by Crippen LogP contribution is -2.12. The molecule has 0 saturated carbocycles. The first-order valence-electron chi connectivity index (χ1n) is 4.43. The Morgan fingerprint density at radius 3 is 2.92 bits per heavy atom. The van der Waals surface area contributed by atoms with E-state index in [1.165, 1.54) is 0 Å². The summed E-state index contributed by atoms with van der Waals surface area (Å²) in [5.74, 6) is 0. The van der Waals surface area contributed by atoms with Gasteiger partial charge in [-0.1, -0.05) is 6.07 Å². The molecule has 0 saturated heterocycles. The van der Waals surface area contributed by atoms with E-state index in [1.54, 1.807) is 0 Å². The first-order chi connectivity index (χ1) is 6.27. The Kier molecular flexibility index (Phi) is 1.93. The van der Waals surface area contributed by atoms with E-state index < -0.39 is 0 Å². The van der Waals surface area contributed by atoms with Gasteiger partial charge in [-0.15, -0.1) is 0 Å². The zero-order valence-corrected chi connectivity index (χ0v) is 7.70. The van der Waals surface area contributed by atoms with Crippen LogP contribution in [0.5, 0.6) is 0 Å². The molecule has 0 amide bonds. The Morgan fingerprint density at radius 1 is 1.46 bits per heavy atom. The van der Waals surface area contributed by atoms with Gasteiger partial charge in [0.2, 0.25) is 0 Å². The van der Waals surface area contributed by atoms with Crippen molar-refractivity contribution in [2.45, 2.75) is 13.3 Å². The number of hydrogen-bond acceptors (Lipinski definition) is 3. The molecule has 0 spiro atoms. The van der Waals surface area contributed by atoms with Gasteiger partial charge in [-0.25, -0.2) is 0 Å². The van der Waals surface area contributed by atoms with Gasteiger partial charge in [0.25, 0.3) is 0 Å². The summed E-state index contributed by atoms with van der Waals surface area (Å²) in [6, 6.07) is 6.05. The highest BCUT2D eigenvalue weighted by molar-refractivity contribution is 5.67. The molecular formula is C10H13N3. The maximum absolute atomic E-state index is 5.81. The van der Waals surface area contributed by atoms with Crippen LogP contribution in [-0.4, -0.2) is 12.8 Å². The van der Waals surface area contributed by atoms with Gasteiger partial charge in [0, 0.05) is 24.9 Å². The molecule has 0 aliphatic carbocycles. The highest BCUT2D eigenvalue weighted by Crippen LogP contribution is 2.22. The van der Waals surface area contributed by atoms with Gasteiger partial charge in [-0.05, 0) is 24.6 Å². The topological polar surface area (TPSA) is 41.6 Å². The molecule has 13 heavy (non-hydrogen) atoms. The van der Waals surface area contributed by atoms with Crippen LogP contribution >= 0.6 is 0 Å². The van der Waals surface area contributed by atoms with Crippen molar-refractivity contribution in [3.8, 4) is 0 Å². The maximum Gasteiger partial charge on any atom is 0.0614 e. The monoisotopic (exact) mass is 175 g/mol. The summed E-state index contributed by atoms with van der Waals surface area (Å²) in [7, 11) is 0. The van der Waals surface area contributed by atoms with E-state index in [-0.39, 0.29) is 0 Å². The standard InChI is InChI=1S/C10H13N3/c1-8-3-4-9(7-10(8)11)13-6-2-5-12-13/h3-5,7H,2,6,11H2,1H3. The normalized spacial score (nSPS) is 15.3. The minimum Gasteiger partial charge on any atom is -0.398 e. The number of rotatable bonds is 1. The second-order valence-corrected chi connectivity index (χ2v) is 3.25. The molecule has 0 fully saturated rings. The zero-order chi connectivity index (χ0) is 9.26. The summed E-state index contributed by atoms with van der Waals surface area (Å²) >= 11 is 0. The third kappa shape index (κ3) is 1.49. The van der Waals surface area contributed by atoms with Gasteiger partial charge in [-0.3, -0.25) is 5.01 Å². The van der Waals surface area contributed by atoms with Crippen LogP contribution in [0.15, 0.2) is 23.3 Å². The molecule has 0 unspecified atom stereocenters. The smallest absolute Gasteiger partial charge is 0.0614 e. The Hall–Kier alpha value is -1.51. The lowest BCUT2D eigenvalue weighted by Gasteiger charge is -2.14. The van der Waals surface area contributed by atoms with Gasteiger partial charge < -0.3 is 5.73 Å². The summed E-state index contributed by atoms with van der Waals surface area (Å²) in [6.07, 6.45) is 2.95. The molecule has 0 radical (unpaired) electrons.